The minimum Gasteiger partial charge on any atom is -0.334 e. The van der Waals surface area contributed by atoms with Gasteiger partial charge in [-0.3, -0.25) is 0 Å². The number of sulfone groups is 1. The molecular formula is C17H18N2O3S. The molecule has 1 saturated heterocycles. The number of carbonyl (C=O) groups excluding carboxylic acids is 1. The van der Waals surface area contributed by atoms with Crippen LogP contribution in [0.15, 0.2) is 54.6 Å². The van der Waals surface area contributed by atoms with Gasteiger partial charge in [0, 0.05) is 11.6 Å². The van der Waals surface area contributed by atoms with E-state index in [0.29, 0.717) is 12.1 Å². The van der Waals surface area contributed by atoms with Gasteiger partial charge in [-0.2, -0.15) is 0 Å². The number of amides is 2. The zero-order chi connectivity index (χ0) is 16.3. The molecule has 0 radical (unpaired) electrons. The lowest BCUT2D eigenvalue weighted by atomic mass is 10.0. The number of benzene rings is 2. The molecule has 1 heterocycles. The van der Waals surface area contributed by atoms with Gasteiger partial charge in [-0.25, -0.2) is 13.2 Å². The summed E-state index contributed by atoms with van der Waals surface area (Å²) in [4.78, 5) is 12.1. The third-order valence-corrected chi connectivity index (χ3v) is 5.60. The topological polar surface area (TPSA) is 75.3 Å². The maximum atomic E-state index is 12.1. The van der Waals surface area contributed by atoms with Gasteiger partial charge >= 0.3 is 6.03 Å². The molecule has 0 bridgehead atoms. The highest BCUT2D eigenvalue weighted by Gasteiger charge is 2.28. The summed E-state index contributed by atoms with van der Waals surface area (Å²) in [5.74, 6) is 0.152. The summed E-state index contributed by atoms with van der Waals surface area (Å²) >= 11 is 0. The Morgan fingerprint density at radius 3 is 2.39 bits per heavy atom. The molecule has 2 N–H and O–H groups in total. The van der Waals surface area contributed by atoms with Crippen LogP contribution in [0.25, 0.3) is 11.1 Å². The van der Waals surface area contributed by atoms with Gasteiger partial charge in [0.25, 0.3) is 0 Å². The minimum absolute atomic E-state index is 0.0146. The largest absolute Gasteiger partial charge is 0.334 e. The first-order chi connectivity index (χ1) is 11.0. The molecule has 0 aromatic heterocycles. The Balaban J connectivity index is 1.72. The number of para-hydroxylation sites is 1. The van der Waals surface area contributed by atoms with Crippen LogP contribution in [0.1, 0.15) is 6.42 Å². The van der Waals surface area contributed by atoms with Crippen molar-refractivity contribution in [2.75, 3.05) is 16.8 Å². The molecule has 1 aliphatic heterocycles. The molecule has 1 aliphatic rings. The van der Waals surface area contributed by atoms with Crippen molar-refractivity contribution in [2.45, 2.75) is 12.5 Å². The molecule has 1 atom stereocenters. The van der Waals surface area contributed by atoms with Gasteiger partial charge in [0.1, 0.15) is 0 Å². The van der Waals surface area contributed by atoms with Crippen LogP contribution in [-0.4, -0.2) is 32.0 Å². The number of hydrogen-bond donors (Lipinski definition) is 2. The second-order valence-corrected chi connectivity index (χ2v) is 7.84. The lowest BCUT2D eigenvalue weighted by molar-refractivity contribution is 0.249. The highest BCUT2D eigenvalue weighted by atomic mass is 32.2. The normalized spacial score (nSPS) is 19.2. The quantitative estimate of drug-likeness (QED) is 0.908. The van der Waals surface area contributed by atoms with Crippen molar-refractivity contribution in [1.82, 2.24) is 5.32 Å². The minimum atomic E-state index is -3.01. The van der Waals surface area contributed by atoms with Crippen molar-refractivity contribution < 1.29 is 13.2 Å². The fourth-order valence-corrected chi connectivity index (χ4v) is 4.39. The van der Waals surface area contributed by atoms with Gasteiger partial charge < -0.3 is 10.6 Å². The van der Waals surface area contributed by atoms with Crippen LogP contribution in [0.3, 0.4) is 0 Å². The van der Waals surface area contributed by atoms with Crippen molar-refractivity contribution in [3.8, 4) is 11.1 Å². The molecule has 2 aromatic carbocycles. The van der Waals surface area contributed by atoms with Gasteiger partial charge in [0.15, 0.2) is 9.84 Å². The van der Waals surface area contributed by atoms with E-state index in [1.165, 1.54) is 0 Å². The number of urea groups is 1. The predicted octanol–water partition coefficient (Wildman–Crippen LogP) is 2.66. The van der Waals surface area contributed by atoms with Crippen LogP contribution < -0.4 is 10.6 Å². The highest BCUT2D eigenvalue weighted by Crippen LogP contribution is 2.27. The van der Waals surface area contributed by atoms with Gasteiger partial charge in [0.05, 0.1) is 17.2 Å². The molecule has 23 heavy (non-hydrogen) atoms. The fourth-order valence-electron chi connectivity index (χ4n) is 2.71. The number of hydrogen-bond acceptors (Lipinski definition) is 3. The molecule has 0 aliphatic carbocycles. The first-order valence-corrected chi connectivity index (χ1v) is 9.28. The molecule has 0 unspecified atom stereocenters. The van der Waals surface area contributed by atoms with Gasteiger partial charge in [-0.05, 0) is 18.1 Å². The van der Waals surface area contributed by atoms with E-state index in [-0.39, 0.29) is 23.6 Å². The monoisotopic (exact) mass is 330 g/mol. The lowest BCUT2D eigenvalue weighted by Crippen LogP contribution is -2.38. The smallest absolute Gasteiger partial charge is 0.319 e. The van der Waals surface area contributed by atoms with Gasteiger partial charge in [-0.1, -0.05) is 48.5 Å². The maximum absolute atomic E-state index is 12.1. The summed E-state index contributed by atoms with van der Waals surface area (Å²) in [5, 5.41) is 5.55. The van der Waals surface area contributed by atoms with Gasteiger partial charge in [0.2, 0.25) is 0 Å². The molecule has 1 fully saturated rings. The SMILES string of the molecule is O=C(Nc1ccccc1-c1ccccc1)N[C@@H]1CCS(=O)(=O)C1. The Hall–Kier alpha value is -2.34. The number of rotatable bonds is 3. The molecule has 2 amide bonds. The van der Waals surface area contributed by atoms with Crippen LogP contribution >= 0.6 is 0 Å². The molecule has 3 rings (SSSR count). The van der Waals surface area contributed by atoms with Crippen LogP contribution in [0.2, 0.25) is 0 Å². The van der Waals surface area contributed by atoms with Crippen molar-refractivity contribution >= 4 is 21.6 Å². The molecular weight excluding hydrogens is 312 g/mol. The Morgan fingerprint density at radius 1 is 1.00 bits per heavy atom. The van der Waals surface area contributed by atoms with E-state index in [2.05, 4.69) is 10.6 Å². The maximum Gasteiger partial charge on any atom is 0.319 e. The van der Waals surface area contributed by atoms with Crippen molar-refractivity contribution in [1.29, 1.82) is 0 Å². The highest BCUT2D eigenvalue weighted by molar-refractivity contribution is 7.91. The van der Waals surface area contributed by atoms with E-state index < -0.39 is 9.84 Å². The average molecular weight is 330 g/mol. The van der Waals surface area contributed by atoms with Crippen LogP contribution in [0.4, 0.5) is 10.5 Å². The zero-order valence-corrected chi connectivity index (χ0v) is 13.3. The van der Waals surface area contributed by atoms with Crippen LogP contribution in [-0.2, 0) is 9.84 Å². The van der Waals surface area contributed by atoms with E-state index in [4.69, 9.17) is 0 Å². The predicted molar refractivity (Wildman–Crippen MR) is 91.1 cm³/mol. The molecule has 0 saturated carbocycles. The first kappa shape index (κ1) is 15.6. The number of carbonyl (C=O) groups is 1. The standard InChI is InChI=1S/C17H18N2O3S/c20-17(18-14-10-11-23(21,22)12-14)19-16-9-5-4-8-15(16)13-6-2-1-3-7-13/h1-9,14H,10-12H2,(H2,18,19,20)/t14-/m1/s1. The average Bonchev–Trinajstić information content (AvgIpc) is 2.87. The second-order valence-electron chi connectivity index (χ2n) is 5.61. The third-order valence-electron chi connectivity index (χ3n) is 3.83. The molecule has 0 spiro atoms. The Labute approximate surface area is 135 Å². The summed E-state index contributed by atoms with van der Waals surface area (Å²) in [5.41, 5.74) is 2.62. The third kappa shape index (κ3) is 3.90. The van der Waals surface area contributed by atoms with E-state index in [9.17, 15) is 13.2 Å². The van der Waals surface area contributed by atoms with E-state index in [1.807, 2.05) is 54.6 Å². The summed E-state index contributed by atoms with van der Waals surface area (Å²) in [7, 11) is -3.01. The lowest BCUT2D eigenvalue weighted by Gasteiger charge is -2.14. The van der Waals surface area contributed by atoms with Crippen LogP contribution in [0, 0.1) is 0 Å². The zero-order valence-electron chi connectivity index (χ0n) is 12.5. The Bertz CT molecular complexity index is 804. The fraction of sp³-hybridized carbons (Fsp3) is 0.235. The van der Waals surface area contributed by atoms with Gasteiger partial charge in [-0.15, -0.1) is 0 Å². The Kier molecular flexibility index (Phi) is 4.34. The van der Waals surface area contributed by atoms with Crippen molar-refractivity contribution in [3.05, 3.63) is 54.6 Å². The van der Waals surface area contributed by atoms with Crippen LogP contribution in [0.5, 0.6) is 0 Å². The van der Waals surface area contributed by atoms with E-state index in [1.54, 1.807) is 0 Å². The summed E-state index contributed by atoms with van der Waals surface area (Å²) in [6.07, 6.45) is 0.468. The summed E-state index contributed by atoms with van der Waals surface area (Å²) in [6, 6.07) is 16.6. The van der Waals surface area contributed by atoms with Crippen molar-refractivity contribution in [2.24, 2.45) is 0 Å². The summed E-state index contributed by atoms with van der Waals surface area (Å²) in [6.45, 7) is 0. The van der Waals surface area contributed by atoms with E-state index in [0.717, 1.165) is 11.1 Å². The molecule has 120 valence electrons. The molecule has 2 aromatic rings. The van der Waals surface area contributed by atoms with E-state index >= 15 is 0 Å². The first-order valence-electron chi connectivity index (χ1n) is 7.46. The summed E-state index contributed by atoms with van der Waals surface area (Å²) < 4.78 is 22.9. The number of nitrogens with one attached hydrogen (secondary N) is 2. The molecule has 6 heteroatoms. The van der Waals surface area contributed by atoms with Crippen molar-refractivity contribution in [3.63, 3.8) is 0 Å². The molecule has 5 nitrogen and oxygen atoms in total. The second kappa shape index (κ2) is 6.42. The number of anilines is 1. The Morgan fingerprint density at radius 2 is 1.70 bits per heavy atom.